The average Bonchev–Trinajstić information content (AvgIpc) is 2.88. The SMILES string of the molecule is CNCCCC(=O)NC1CCN(c2ccc(Br)cc2)C1.Cl.Cl. The molecule has 1 unspecified atom stereocenters. The maximum atomic E-state index is 11.8. The van der Waals surface area contributed by atoms with Gasteiger partial charge in [0, 0.05) is 35.7 Å². The molecule has 7 heteroatoms. The molecule has 1 aliphatic rings. The van der Waals surface area contributed by atoms with Crippen molar-refractivity contribution in [3.8, 4) is 0 Å². The van der Waals surface area contributed by atoms with Crippen LogP contribution in [-0.2, 0) is 4.79 Å². The maximum Gasteiger partial charge on any atom is 0.220 e. The van der Waals surface area contributed by atoms with Gasteiger partial charge in [-0.05, 0) is 50.7 Å². The molecule has 1 fully saturated rings. The van der Waals surface area contributed by atoms with Crippen molar-refractivity contribution in [3.05, 3.63) is 28.7 Å². The lowest BCUT2D eigenvalue weighted by Crippen LogP contribution is -2.37. The summed E-state index contributed by atoms with van der Waals surface area (Å²) < 4.78 is 1.09. The van der Waals surface area contributed by atoms with Gasteiger partial charge in [-0.3, -0.25) is 4.79 Å². The van der Waals surface area contributed by atoms with Gasteiger partial charge in [0.05, 0.1) is 0 Å². The molecule has 1 aromatic carbocycles. The van der Waals surface area contributed by atoms with Crippen LogP contribution < -0.4 is 15.5 Å². The summed E-state index contributed by atoms with van der Waals surface area (Å²) in [5.41, 5.74) is 1.22. The second-order valence-electron chi connectivity index (χ2n) is 5.18. The van der Waals surface area contributed by atoms with E-state index in [-0.39, 0.29) is 36.8 Å². The van der Waals surface area contributed by atoms with Gasteiger partial charge in [-0.15, -0.1) is 24.8 Å². The molecule has 0 bridgehead atoms. The Morgan fingerprint density at radius 3 is 2.64 bits per heavy atom. The Morgan fingerprint density at radius 1 is 1.32 bits per heavy atom. The highest BCUT2D eigenvalue weighted by Crippen LogP contribution is 2.22. The summed E-state index contributed by atoms with van der Waals surface area (Å²) in [6, 6.07) is 8.61. The van der Waals surface area contributed by atoms with Gasteiger partial charge in [-0.2, -0.15) is 0 Å². The van der Waals surface area contributed by atoms with Gasteiger partial charge < -0.3 is 15.5 Å². The molecular weight excluding hydrogens is 389 g/mol. The fourth-order valence-electron chi connectivity index (χ4n) is 2.49. The second kappa shape index (κ2) is 11.1. The lowest BCUT2D eigenvalue weighted by molar-refractivity contribution is -0.121. The Bertz CT molecular complexity index is 445. The Kier molecular flexibility index (Phi) is 10.9. The number of hydrogen-bond donors (Lipinski definition) is 2. The summed E-state index contributed by atoms with van der Waals surface area (Å²) in [5, 5.41) is 6.19. The molecule has 126 valence electrons. The summed E-state index contributed by atoms with van der Waals surface area (Å²) in [7, 11) is 1.91. The van der Waals surface area contributed by atoms with E-state index in [2.05, 4.69) is 55.7 Å². The molecule has 22 heavy (non-hydrogen) atoms. The first-order valence-corrected chi connectivity index (χ1v) is 7.93. The molecule has 1 aromatic rings. The van der Waals surface area contributed by atoms with E-state index in [0.717, 1.165) is 36.9 Å². The zero-order valence-corrected chi connectivity index (χ0v) is 15.9. The fourth-order valence-corrected chi connectivity index (χ4v) is 2.75. The Labute approximate surface area is 153 Å². The predicted octanol–water partition coefficient (Wildman–Crippen LogP) is 2.99. The number of carbonyl (C=O) groups excluding carboxylic acids is 1. The average molecular weight is 413 g/mol. The van der Waals surface area contributed by atoms with Crippen molar-refractivity contribution < 1.29 is 4.79 Å². The van der Waals surface area contributed by atoms with Crippen molar-refractivity contribution >= 4 is 52.3 Å². The van der Waals surface area contributed by atoms with Crippen LogP contribution in [0.15, 0.2) is 28.7 Å². The number of anilines is 1. The number of nitrogens with one attached hydrogen (secondary N) is 2. The van der Waals surface area contributed by atoms with Gasteiger partial charge in [0.25, 0.3) is 0 Å². The first kappa shape index (κ1) is 21.5. The number of halogens is 3. The van der Waals surface area contributed by atoms with E-state index in [1.54, 1.807) is 0 Å². The number of hydrogen-bond acceptors (Lipinski definition) is 3. The van der Waals surface area contributed by atoms with Crippen LogP contribution in [0.3, 0.4) is 0 Å². The van der Waals surface area contributed by atoms with Crippen molar-refractivity contribution in [2.45, 2.75) is 25.3 Å². The monoisotopic (exact) mass is 411 g/mol. The molecule has 0 aromatic heterocycles. The van der Waals surface area contributed by atoms with Gasteiger partial charge in [-0.25, -0.2) is 0 Å². The molecule has 2 N–H and O–H groups in total. The van der Waals surface area contributed by atoms with Crippen LogP contribution in [0.4, 0.5) is 5.69 Å². The summed E-state index contributed by atoms with van der Waals surface area (Å²) in [6.07, 6.45) is 2.52. The van der Waals surface area contributed by atoms with E-state index in [1.165, 1.54) is 5.69 Å². The van der Waals surface area contributed by atoms with Crippen LogP contribution in [0.5, 0.6) is 0 Å². The van der Waals surface area contributed by atoms with Crippen LogP contribution in [0.2, 0.25) is 0 Å². The minimum atomic E-state index is 0. The third-order valence-electron chi connectivity index (χ3n) is 3.58. The van der Waals surface area contributed by atoms with Gasteiger partial charge in [0.2, 0.25) is 5.91 Å². The Balaban J connectivity index is 0.00000220. The molecule has 0 spiro atoms. The zero-order chi connectivity index (χ0) is 14.4. The van der Waals surface area contributed by atoms with Crippen LogP contribution >= 0.6 is 40.7 Å². The molecule has 2 rings (SSSR count). The molecule has 1 saturated heterocycles. The lowest BCUT2D eigenvalue weighted by atomic mass is 10.2. The summed E-state index contributed by atoms with van der Waals surface area (Å²) in [4.78, 5) is 14.1. The minimum absolute atomic E-state index is 0. The maximum absolute atomic E-state index is 11.8. The lowest BCUT2D eigenvalue weighted by Gasteiger charge is -2.19. The molecule has 1 amide bonds. The predicted molar refractivity (Wildman–Crippen MR) is 101 cm³/mol. The molecule has 1 heterocycles. The van der Waals surface area contributed by atoms with Crippen molar-refractivity contribution in [2.75, 3.05) is 31.6 Å². The van der Waals surface area contributed by atoms with Crippen molar-refractivity contribution in [1.82, 2.24) is 10.6 Å². The van der Waals surface area contributed by atoms with E-state index in [1.807, 2.05) is 7.05 Å². The molecular formula is C15H24BrCl2N3O. The smallest absolute Gasteiger partial charge is 0.220 e. The summed E-state index contributed by atoms with van der Waals surface area (Å²) in [6.45, 7) is 2.80. The van der Waals surface area contributed by atoms with Gasteiger partial charge in [-0.1, -0.05) is 15.9 Å². The molecule has 0 radical (unpaired) electrons. The first-order valence-electron chi connectivity index (χ1n) is 7.13. The van der Waals surface area contributed by atoms with Crippen LogP contribution in [0.25, 0.3) is 0 Å². The number of carbonyl (C=O) groups is 1. The Morgan fingerprint density at radius 2 is 2.00 bits per heavy atom. The fraction of sp³-hybridized carbons (Fsp3) is 0.533. The van der Waals surface area contributed by atoms with Gasteiger partial charge >= 0.3 is 0 Å². The molecule has 0 aliphatic carbocycles. The highest BCUT2D eigenvalue weighted by atomic mass is 79.9. The van der Waals surface area contributed by atoms with Crippen molar-refractivity contribution in [2.24, 2.45) is 0 Å². The van der Waals surface area contributed by atoms with Crippen molar-refractivity contribution in [3.63, 3.8) is 0 Å². The largest absolute Gasteiger partial charge is 0.369 e. The van der Waals surface area contributed by atoms with E-state index >= 15 is 0 Å². The quantitative estimate of drug-likeness (QED) is 0.706. The van der Waals surface area contributed by atoms with E-state index in [0.29, 0.717) is 6.42 Å². The van der Waals surface area contributed by atoms with Gasteiger partial charge in [0.1, 0.15) is 0 Å². The normalized spacial score (nSPS) is 16.6. The van der Waals surface area contributed by atoms with Crippen molar-refractivity contribution in [1.29, 1.82) is 0 Å². The number of rotatable bonds is 6. The topological polar surface area (TPSA) is 44.4 Å². The highest BCUT2D eigenvalue weighted by molar-refractivity contribution is 9.10. The van der Waals surface area contributed by atoms with E-state index in [9.17, 15) is 4.79 Å². The summed E-state index contributed by atoms with van der Waals surface area (Å²) >= 11 is 3.45. The molecule has 4 nitrogen and oxygen atoms in total. The van der Waals surface area contributed by atoms with Crippen LogP contribution in [-0.4, -0.2) is 38.6 Å². The van der Waals surface area contributed by atoms with Crippen LogP contribution in [0.1, 0.15) is 19.3 Å². The number of nitrogens with zero attached hydrogens (tertiary/aromatic N) is 1. The first-order chi connectivity index (χ1) is 9.69. The zero-order valence-electron chi connectivity index (χ0n) is 12.7. The Hall–Kier alpha value is -0.490. The third kappa shape index (κ3) is 6.73. The minimum Gasteiger partial charge on any atom is -0.369 e. The highest BCUT2D eigenvalue weighted by Gasteiger charge is 2.23. The number of benzene rings is 1. The summed E-state index contributed by atoms with van der Waals surface area (Å²) in [5.74, 6) is 0.169. The molecule has 1 aliphatic heterocycles. The number of amides is 1. The van der Waals surface area contributed by atoms with Gasteiger partial charge in [0.15, 0.2) is 0 Å². The second-order valence-corrected chi connectivity index (χ2v) is 6.10. The molecule has 0 saturated carbocycles. The van der Waals surface area contributed by atoms with E-state index in [4.69, 9.17) is 0 Å². The van der Waals surface area contributed by atoms with Crippen LogP contribution in [0, 0.1) is 0 Å². The molecule has 1 atom stereocenters. The third-order valence-corrected chi connectivity index (χ3v) is 4.10. The standard InChI is InChI=1S/C15H22BrN3O.2ClH/c1-17-9-2-3-15(20)18-13-8-10-19(11-13)14-6-4-12(16)5-7-14;;/h4-7,13,17H,2-3,8-11H2,1H3,(H,18,20);2*1H. The van der Waals surface area contributed by atoms with E-state index < -0.39 is 0 Å².